The van der Waals surface area contributed by atoms with Crippen molar-refractivity contribution in [3.8, 4) is 0 Å². The van der Waals surface area contributed by atoms with Crippen LogP contribution in [0.1, 0.15) is 29.3 Å². The van der Waals surface area contributed by atoms with E-state index in [1.54, 1.807) is 4.90 Å². The first-order chi connectivity index (χ1) is 12.7. The van der Waals surface area contributed by atoms with Crippen LogP contribution in [0.15, 0.2) is 47.8 Å². The molecule has 26 heavy (non-hydrogen) atoms. The number of hydrogen-bond acceptors (Lipinski definition) is 3. The Morgan fingerprint density at radius 3 is 3.00 bits per heavy atom. The maximum absolute atomic E-state index is 5.82. The molecule has 132 valence electrons. The van der Waals surface area contributed by atoms with Gasteiger partial charge in [-0.2, -0.15) is 4.68 Å². The van der Waals surface area contributed by atoms with Gasteiger partial charge in [0.2, 0.25) is 4.77 Å². The molecule has 6 heteroatoms. The van der Waals surface area contributed by atoms with Gasteiger partial charge in [0.1, 0.15) is 6.04 Å². The number of fused-ring (bicyclic) bond motifs is 3. The number of nitrogens with zero attached hydrogens (tertiary/aromatic N) is 3. The lowest BCUT2D eigenvalue weighted by Crippen LogP contribution is -3.09. The Balaban J connectivity index is 1.59. The highest BCUT2D eigenvalue weighted by Gasteiger charge is 2.31. The summed E-state index contributed by atoms with van der Waals surface area (Å²) in [6.45, 7) is 4.15. The highest BCUT2D eigenvalue weighted by atomic mass is 32.1. The van der Waals surface area contributed by atoms with E-state index in [0.717, 1.165) is 22.6 Å². The van der Waals surface area contributed by atoms with Crippen molar-refractivity contribution in [3.63, 3.8) is 0 Å². The SMILES string of the molecule is Cc1cc2nn(C[NH+]3CCC[C@H]3c3cccs3)c(=S)n2c2ccccc12. The van der Waals surface area contributed by atoms with Crippen molar-refractivity contribution in [2.45, 2.75) is 32.5 Å². The third-order valence-electron chi connectivity index (χ3n) is 5.50. The minimum Gasteiger partial charge on any atom is -0.309 e. The van der Waals surface area contributed by atoms with Gasteiger partial charge < -0.3 is 4.90 Å². The molecule has 0 spiro atoms. The molecule has 3 aromatic heterocycles. The second-order valence-corrected chi connectivity index (χ2v) is 8.44. The molecule has 4 heterocycles. The van der Waals surface area contributed by atoms with Crippen molar-refractivity contribution in [1.29, 1.82) is 0 Å². The lowest BCUT2D eigenvalue weighted by atomic mass is 10.1. The average molecular weight is 382 g/mol. The van der Waals surface area contributed by atoms with Gasteiger partial charge in [-0.3, -0.25) is 4.40 Å². The van der Waals surface area contributed by atoms with Gasteiger partial charge in [-0.1, -0.05) is 24.3 Å². The number of thiophene rings is 1. The minimum absolute atomic E-state index is 0.570. The Kier molecular flexibility index (Phi) is 3.92. The fourth-order valence-electron chi connectivity index (χ4n) is 4.25. The Morgan fingerprint density at radius 2 is 2.15 bits per heavy atom. The summed E-state index contributed by atoms with van der Waals surface area (Å²) in [5, 5.41) is 8.27. The molecular weight excluding hydrogens is 360 g/mol. The number of aromatic nitrogens is 3. The van der Waals surface area contributed by atoms with Crippen LogP contribution in [0, 0.1) is 11.7 Å². The van der Waals surface area contributed by atoms with Crippen molar-refractivity contribution in [3.05, 3.63) is 63.1 Å². The van der Waals surface area contributed by atoms with Gasteiger partial charge in [0.15, 0.2) is 12.3 Å². The first-order valence-electron chi connectivity index (χ1n) is 9.08. The zero-order chi connectivity index (χ0) is 17.7. The minimum atomic E-state index is 0.570. The van der Waals surface area contributed by atoms with E-state index in [2.05, 4.69) is 59.2 Å². The molecule has 5 rings (SSSR count). The molecule has 1 saturated heterocycles. The molecule has 1 aromatic carbocycles. The molecule has 2 atom stereocenters. The molecule has 0 amide bonds. The van der Waals surface area contributed by atoms with E-state index < -0.39 is 0 Å². The zero-order valence-electron chi connectivity index (χ0n) is 14.7. The number of likely N-dealkylation sites (tertiary alicyclic amines) is 1. The van der Waals surface area contributed by atoms with E-state index >= 15 is 0 Å². The molecule has 0 saturated carbocycles. The molecule has 1 N–H and O–H groups in total. The molecule has 0 aliphatic carbocycles. The van der Waals surface area contributed by atoms with Gasteiger partial charge in [0.05, 0.1) is 16.9 Å². The molecular formula is C20H21N4S2+. The largest absolute Gasteiger partial charge is 0.309 e. The Morgan fingerprint density at radius 1 is 1.27 bits per heavy atom. The van der Waals surface area contributed by atoms with Crippen LogP contribution < -0.4 is 4.90 Å². The summed E-state index contributed by atoms with van der Waals surface area (Å²) in [5.74, 6) is 0. The summed E-state index contributed by atoms with van der Waals surface area (Å²) in [6.07, 6.45) is 2.51. The average Bonchev–Trinajstić information content (AvgIpc) is 3.37. The molecule has 0 bridgehead atoms. The maximum Gasteiger partial charge on any atom is 0.207 e. The molecule has 1 unspecified atom stereocenters. The van der Waals surface area contributed by atoms with Crippen LogP contribution >= 0.6 is 23.6 Å². The summed E-state index contributed by atoms with van der Waals surface area (Å²) < 4.78 is 4.94. The van der Waals surface area contributed by atoms with E-state index in [-0.39, 0.29) is 0 Å². The third kappa shape index (κ3) is 2.52. The fraction of sp³-hybridized carbons (Fsp3) is 0.300. The van der Waals surface area contributed by atoms with E-state index in [0.29, 0.717) is 6.04 Å². The van der Waals surface area contributed by atoms with Crippen LogP contribution in [-0.4, -0.2) is 20.7 Å². The molecule has 1 aliphatic heterocycles. The number of para-hydroxylation sites is 1. The van der Waals surface area contributed by atoms with Crippen molar-refractivity contribution in [2.75, 3.05) is 6.54 Å². The molecule has 4 aromatic rings. The lowest BCUT2D eigenvalue weighted by Gasteiger charge is -2.20. The van der Waals surface area contributed by atoms with Crippen molar-refractivity contribution in [2.24, 2.45) is 0 Å². The van der Waals surface area contributed by atoms with Gasteiger partial charge in [0, 0.05) is 18.2 Å². The summed E-state index contributed by atoms with van der Waals surface area (Å²) >= 11 is 7.69. The second kappa shape index (κ2) is 6.30. The van der Waals surface area contributed by atoms with E-state index in [9.17, 15) is 0 Å². The van der Waals surface area contributed by atoms with Crippen molar-refractivity contribution >= 4 is 40.1 Å². The van der Waals surface area contributed by atoms with Gasteiger partial charge >= 0.3 is 0 Å². The van der Waals surface area contributed by atoms with Crippen molar-refractivity contribution < 1.29 is 4.90 Å². The number of aryl methyl sites for hydroxylation is 1. The van der Waals surface area contributed by atoms with Gasteiger partial charge in [-0.25, -0.2) is 0 Å². The van der Waals surface area contributed by atoms with E-state index in [4.69, 9.17) is 17.3 Å². The molecule has 1 aliphatic rings. The Labute approximate surface area is 161 Å². The maximum atomic E-state index is 5.82. The summed E-state index contributed by atoms with van der Waals surface area (Å²) in [7, 11) is 0. The second-order valence-electron chi connectivity index (χ2n) is 7.10. The first-order valence-corrected chi connectivity index (χ1v) is 10.4. The van der Waals surface area contributed by atoms with Crippen molar-refractivity contribution in [1.82, 2.24) is 14.2 Å². The highest BCUT2D eigenvalue weighted by molar-refractivity contribution is 7.71. The standard InChI is InChI=1S/C20H20N4S2/c1-14-12-19-21-23(20(25)24(19)16-7-3-2-6-15(14)16)13-22-10-4-8-17(22)18-9-5-11-26-18/h2-3,5-7,9,11-12,17H,4,8,10,13H2,1H3/p+1/t17-/m0/s1. The van der Waals surface area contributed by atoms with Gasteiger partial charge in [0.25, 0.3) is 0 Å². The van der Waals surface area contributed by atoms with E-state index in [1.165, 1.54) is 35.2 Å². The van der Waals surface area contributed by atoms with Gasteiger partial charge in [-0.15, -0.1) is 16.4 Å². The highest BCUT2D eigenvalue weighted by Crippen LogP contribution is 2.24. The van der Waals surface area contributed by atoms with Crippen LogP contribution in [-0.2, 0) is 6.67 Å². The van der Waals surface area contributed by atoms with Crippen LogP contribution in [0.2, 0.25) is 0 Å². The molecule has 1 fully saturated rings. The van der Waals surface area contributed by atoms with Crippen LogP contribution in [0.25, 0.3) is 16.6 Å². The van der Waals surface area contributed by atoms with E-state index in [1.807, 2.05) is 16.0 Å². The number of quaternary nitrogens is 1. The predicted molar refractivity (Wildman–Crippen MR) is 108 cm³/mol. The quantitative estimate of drug-likeness (QED) is 0.547. The van der Waals surface area contributed by atoms with Crippen LogP contribution in [0.5, 0.6) is 0 Å². The molecule has 0 radical (unpaired) electrons. The summed E-state index contributed by atoms with van der Waals surface area (Å²) in [4.78, 5) is 3.04. The number of benzene rings is 1. The molecule has 4 nitrogen and oxygen atoms in total. The normalized spacial score (nSPS) is 20.3. The predicted octanol–water partition coefficient (Wildman–Crippen LogP) is 3.77. The number of rotatable bonds is 3. The summed E-state index contributed by atoms with van der Waals surface area (Å²) in [6, 6.07) is 15.6. The zero-order valence-corrected chi connectivity index (χ0v) is 16.3. The lowest BCUT2D eigenvalue weighted by molar-refractivity contribution is -0.941. The summed E-state index contributed by atoms with van der Waals surface area (Å²) in [5.41, 5.74) is 3.33. The monoisotopic (exact) mass is 381 g/mol. The number of pyridine rings is 1. The van der Waals surface area contributed by atoms with Crippen LogP contribution in [0.4, 0.5) is 0 Å². The number of nitrogens with one attached hydrogen (secondary N) is 1. The first kappa shape index (κ1) is 16.2. The number of hydrogen-bond donors (Lipinski definition) is 1. The Hall–Kier alpha value is -2.02. The van der Waals surface area contributed by atoms with Gasteiger partial charge in [-0.05, 0) is 48.3 Å². The fourth-order valence-corrected chi connectivity index (χ4v) is 5.46. The topological polar surface area (TPSA) is 26.7 Å². The third-order valence-corrected chi connectivity index (χ3v) is 6.88. The Bertz CT molecular complexity index is 1140. The smallest absolute Gasteiger partial charge is 0.207 e. The van der Waals surface area contributed by atoms with Crippen LogP contribution in [0.3, 0.4) is 0 Å².